The van der Waals surface area contributed by atoms with E-state index >= 15 is 0 Å². The monoisotopic (exact) mass is 522 g/mol. The molecule has 0 atom stereocenters. The number of pyridine rings is 1. The molecule has 1 aromatic carbocycles. The summed E-state index contributed by atoms with van der Waals surface area (Å²) in [5.74, 6) is -0.916. The number of alkyl halides is 3. The molecule has 0 saturated heterocycles. The topological polar surface area (TPSA) is 125 Å². The van der Waals surface area contributed by atoms with Gasteiger partial charge in [0.05, 0.1) is 30.3 Å². The quantitative estimate of drug-likeness (QED) is 0.330. The molecule has 0 aliphatic heterocycles. The van der Waals surface area contributed by atoms with Gasteiger partial charge in [-0.3, -0.25) is 9.48 Å². The molecule has 10 nitrogen and oxygen atoms in total. The van der Waals surface area contributed by atoms with Gasteiger partial charge in [0.15, 0.2) is 5.82 Å². The number of nitrogens with one attached hydrogen (secondary N) is 1. The molecule has 194 valence electrons. The maximum Gasteiger partial charge on any atom is 0.418 e. The zero-order valence-electron chi connectivity index (χ0n) is 20.0. The van der Waals surface area contributed by atoms with Crippen LogP contribution in [0.5, 0.6) is 5.88 Å². The summed E-state index contributed by atoms with van der Waals surface area (Å²) in [4.78, 5) is 21.0. The van der Waals surface area contributed by atoms with E-state index in [0.29, 0.717) is 12.2 Å². The molecule has 13 heteroatoms. The fourth-order valence-electron chi connectivity index (χ4n) is 4.04. The number of nitrogens with two attached hydrogens (primary N) is 1. The van der Waals surface area contributed by atoms with E-state index in [0.717, 1.165) is 28.9 Å². The van der Waals surface area contributed by atoms with Crippen molar-refractivity contribution in [1.82, 2.24) is 29.4 Å². The molecule has 0 aliphatic rings. The van der Waals surface area contributed by atoms with E-state index in [1.165, 1.54) is 25.6 Å². The summed E-state index contributed by atoms with van der Waals surface area (Å²) in [6, 6.07) is 12.2. The third-order valence-electron chi connectivity index (χ3n) is 5.84. The van der Waals surface area contributed by atoms with Crippen molar-refractivity contribution in [3.05, 3.63) is 84.1 Å². The molecule has 1 amide bonds. The van der Waals surface area contributed by atoms with Crippen molar-refractivity contribution >= 4 is 22.9 Å². The van der Waals surface area contributed by atoms with Gasteiger partial charge in [0.2, 0.25) is 5.88 Å². The highest BCUT2D eigenvalue weighted by Crippen LogP contribution is 2.39. The first-order valence-corrected chi connectivity index (χ1v) is 11.4. The second-order valence-corrected chi connectivity index (χ2v) is 8.31. The number of amides is 1. The van der Waals surface area contributed by atoms with Gasteiger partial charge in [-0.1, -0.05) is 30.3 Å². The number of ether oxygens (including phenoxy) is 1. The average molecular weight is 522 g/mol. The second-order valence-electron chi connectivity index (χ2n) is 8.31. The first kappa shape index (κ1) is 24.7. The van der Waals surface area contributed by atoms with Crippen molar-refractivity contribution in [2.45, 2.75) is 19.1 Å². The van der Waals surface area contributed by atoms with Crippen LogP contribution in [-0.2, 0) is 19.1 Å². The number of aromatic nitrogens is 6. The van der Waals surface area contributed by atoms with Crippen LogP contribution in [0.4, 0.5) is 24.7 Å². The van der Waals surface area contributed by atoms with E-state index in [1.807, 2.05) is 30.3 Å². The Labute approximate surface area is 213 Å². The van der Waals surface area contributed by atoms with Gasteiger partial charge in [0, 0.05) is 24.5 Å². The van der Waals surface area contributed by atoms with Crippen molar-refractivity contribution < 1.29 is 22.7 Å². The molecule has 38 heavy (non-hydrogen) atoms. The van der Waals surface area contributed by atoms with Crippen LogP contribution < -0.4 is 15.8 Å². The van der Waals surface area contributed by atoms with Crippen molar-refractivity contribution in [1.29, 1.82) is 0 Å². The molecular formula is C25H21F3N8O2. The third kappa shape index (κ3) is 4.85. The number of benzene rings is 1. The van der Waals surface area contributed by atoms with Crippen molar-refractivity contribution in [3.63, 3.8) is 0 Å². The zero-order valence-corrected chi connectivity index (χ0v) is 20.0. The number of nitrogen functional groups attached to an aromatic ring is 1. The van der Waals surface area contributed by atoms with E-state index in [1.54, 1.807) is 10.9 Å². The molecule has 5 rings (SSSR count). The lowest BCUT2D eigenvalue weighted by atomic mass is 10.1. The Morgan fingerprint density at radius 2 is 1.89 bits per heavy atom. The molecule has 0 unspecified atom stereocenters. The van der Waals surface area contributed by atoms with Gasteiger partial charge in [-0.15, -0.1) is 0 Å². The lowest BCUT2D eigenvalue weighted by Gasteiger charge is -2.10. The van der Waals surface area contributed by atoms with E-state index in [-0.39, 0.29) is 34.0 Å². The van der Waals surface area contributed by atoms with Gasteiger partial charge in [-0.25, -0.2) is 14.5 Å². The van der Waals surface area contributed by atoms with Crippen LogP contribution in [-0.4, -0.2) is 42.4 Å². The van der Waals surface area contributed by atoms with Gasteiger partial charge in [-0.05, 0) is 24.1 Å². The van der Waals surface area contributed by atoms with Gasteiger partial charge in [0.1, 0.15) is 17.4 Å². The third-order valence-corrected chi connectivity index (χ3v) is 5.84. The van der Waals surface area contributed by atoms with Crippen molar-refractivity contribution in [2.24, 2.45) is 0 Å². The van der Waals surface area contributed by atoms with Crippen molar-refractivity contribution in [2.75, 3.05) is 18.2 Å². The Morgan fingerprint density at radius 3 is 2.63 bits per heavy atom. The Hall–Kier alpha value is -4.94. The normalized spacial score (nSPS) is 11.6. The number of hydrogen-bond donors (Lipinski definition) is 2. The molecule has 0 bridgehead atoms. The van der Waals surface area contributed by atoms with Crippen LogP contribution in [0.25, 0.3) is 16.8 Å². The Bertz CT molecular complexity index is 1610. The van der Waals surface area contributed by atoms with E-state index < -0.39 is 17.6 Å². The van der Waals surface area contributed by atoms with E-state index in [2.05, 4.69) is 25.5 Å². The maximum absolute atomic E-state index is 13.7. The minimum absolute atomic E-state index is 0.00577. The summed E-state index contributed by atoms with van der Waals surface area (Å²) in [5, 5.41) is 10.9. The minimum atomic E-state index is -4.71. The number of carbonyl (C=O) groups is 1. The Kier molecular flexibility index (Phi) is 6.41. The first-order valence-electron chi connectivity index (χ1n) is 11.4. The molecule has 4 aromatic heterocycles. The fraction of sp³-hybridized carbons (Fsp3) is 0.160. The average Bonchev–Trinajstić information content (AvgIpc) is 3.53. The highest BCUT2D eigenvalue weighted by Gasteiger charge is 2.36. The first-order chi connectivity index (χ1) is 18.2. The summed E-state index contributed by atoms with van der Waals surface area (Å²) in [6.07, 6.45) is 1.57. The second kappa shape index (κ2) is 9.84. The predicted octanol–water partition coefficient (Wildman–Crippen LogP) is 4.09. The number of aryl methyl sites for hydroxylation is 2. The van der Waals surface area contributed by atoms with Crippen LogP contribution in [0.3, 0.4) is 0 Å². The van der Waals surface area contributed by atoms with Crippen LogP contribution in [0.2, 0.25) is 0 Å². The molecule has 0 fully saturated rings. The predicted molar refractivity (Wildman–Crippen MR) is 133 cm³/mol. The highest BCUT2D eigenvalue weighted by molar-refractivity contribution is 6.06. The Morgan fingerprint density at radius 1 is 1.11 bits per heavy atom. The number of rotatable bonds is 7. The number of anilines is 2. The van der Waals surface area contributed by atoms with Gasteiger partial charge in [0.25, 0.3) is 5.91 Å². The summed E-state index contributed by atoms with van der Waals surface area (Å²) < 4.78 is 49.1. The molecular weight excluding hydrogens is 501 g/mol. The molecule has 4 heterocycles. The lowest BCUT2D eigenvalue weighted by molar-refractivity contribution is -0.136. The number of fused-ring (bicyclic) bond motifs is 1. The number of halogens is 3. The highest BCUT2D eigenvalue weighted by atomic mass is 19.4. The van der Waals surface area contributed by atoms with Crippen molar-refractivity contribution in [3.8, 4) is 17.1 Å². The zero-order chi connectivity index (χ0) is 26.9. The smallest absolute Gasteiger partial charge is 0.418 e. The molecule has 3 N–H and O–H groups in total. The molecule has 0 spiro atoms. The minimum Gasteiger partial charge on any atom is -0.480 e. The molecule has 0 saturated carbocycles. The van der Waals surface area contributed by atoms with Crippen LogP contribution in [0, 0.1) is 0 Å². The summed E-state index contributed by atoms with van der Waals surface area (Å²) >= 11 is 0. The number of methoxy groups -OCH3 is 1. The maximum atomic E-state index is 13.7. The van der Waals surface area contributed by atoms with Crippen LogP contribution in [0.15, 0.2) is 67.4 Å². The Balaban J connectivity index is 1.43. The SMILES string of the molecule is COc1ncc(-c2cc(C(F)(F)F)c3c(N)ncnn23)cc1C(=O)Nc1cnn(CCc2ccccc2)c1. The van der Waals surface area contributed by atoms with Crippen LogP contribution in [0.1, 0.15) is 21.5 Å². The van der Waals surface area contributed by atoms with Gasteiger partial charge in [-0.2, -0.15) is 23.4 Å². The largest absolute Gasteiger partial charge is 0.480 e. The fourth-order valence-corrected chi connectivity index (χ4v) is 4.04. The number of nitrogens with zero attached hydrogens (tertiary/aromatic N) is 6. The van der Waals surface area contributed by atoms with E-state index in [4.69, 9.17) is 10.5 Å². The summed E-state index contributed by atoms with van der Waals surface area (Å²) in [5.41, 5.74) is 6.15. The molecule has 0 radical (unpaired) electrons. The standard InChI is InChI=1S/C25H21F3N8O2/c1-38-24-18(23(37)34-17-12-32-35(13-17)8-7-15-5-3-2-4-6-15)9-16(11-30-24)20-10-19(25(26,27)28)21-22(29)31-14-33-36(20)21/h2-6,9-14H,7-8H2,1H3,(H,34,37)(H2,29,31,33). The van der Waals surface area contributed by atoms with Crippen LogP contribution >= 0.6 is 0 Å². The lowest BCUT2D eigenvalue weighted by Crippen LogP contribution is -2.14. The summed E-state index contributed by atoms with van der Waals surface area (Å²) in [7, 11) is 1.34. The van der Waals surface area contributed by atoms with Gasteiger partial charge >= 0.3 is 6.18 Å². The van der Waals surface area contributed by atoms with E-state index in [9.17, 15) is 18.0 Å². The summed E-state index contributed by atoms with van der Waals surface area (Å²) in [6.45, 7) is 0.605. The molecule has 0 aliphatic carbocycles. The number of hydrogen-bond acceptors (Lipinski definition) is 7. The van der Waals surface area contributed by atoms with Gasteiger partial charge < -0.3 is 15.8 Å². The number of carbonyl (C=O) groups excluding carboxylic acids is 1. The molecule has 5 aromatic rings.